The Kier molecular flexibility index (Phi) is 5.49. The van der Waals surface area contributed by atoms with Crippen LogP contribution in [0, 0.1) is 6.92 Å². The third kappa shape index (κ3) is 4.53. The Morgan fingerprint density at radius 1 is 1.14 bits per heavy atom. The Hall–Kier alpha value is -1.95. The highest BCUT2D eigenvalue weighted by Crippen LogP contribution is 2.24. The zero-order valence-corrected chi connectivity index (χ0v) is 14.0. The molecular weight excluding hydrogens is 296 g/mol. The second kappa shape index (κ2) is 7.35. The van der Waals surface area contributed by atoms with Gasteiger partial charge in [0.15, 0.2) is 5.16 Å². The van der Waals surface area contributed by atoms with Gasteiger partial charge in [-0.05, 0) is 36.1 Å². The Morgan fingerprint density at radius 2 is 1.82 bits per heavy atom. The molecule has 0 fully saturated rings. The first kappa shape index (κ1) is 16.4. The first-order valence-electron chi connectivity index (χ1n) is 7.22. The molecule has 0 aliphatic rings. The fraction of sp³-hybridized carbons (Fsp3) is 0.375. The van der Waals surface area contributed by atoms with Crippen LogP contribution in [0.1, 0.15) is 30.9 Å². The predicted molar refractivity (Wildman–Crippen MR) is 92.3 cm³/mol. The number of hydrogen-bond donors (Lipinski definition) is 2. The summed E-state index contributed by atoms with van der Waals surface area (Å²) in [6.07, 6.45) is 0. The van der Waals surface area contributed by atoms with E-state index in [-0.39, 0.29) is 0 Å². The van der Waals surface area contributed by atoms with Crippen LogP contribution in [0.25, 0.3) is 0 Å². The lowest BCUT2D eigenvalue weighted by atomic mass is 9.98. The first-order chi connectivity index (χ1) is 10.5. The molecule has 1 heterocycles. The van der Waals surface area contributed by atoms with Crippen LogP contribution < -0.4 is 16.2 Å². The number of thioether (sulfide) groups is 1. The van der Waals surface area contributed by atoms with Gasteiger partial charge in [-0.3, -0.25) is 0 Å². The van der Waals surface area contributed by atoms with Crippen LogP contribution in [0.2, 0.25) is 0 Å². The summed E-state index contributed by atoms with van der Waals surface area (Å²) in [7, 11) is 0. The molecule has 0 spiro atoms. The van der Waals surface area contributed by atoms with E-state index in [0.717, 1.165) is 11.5 Å². The maximum absolute atomic E-state index is 5.76. The molecule has 5 nitrogen and oxygen atoms in total. The molecule has 118 valence electrons. The number of aromatic nitrogens is 2. The minimum Gasteiger partial charge on any atom is -0.493 e. The number of nitrogens with zero attached hydrogens (tertiary/aromatic N) is 2. The largest absolute Gasteiger partial charge is 0.493 e. The van der Waals surface area contributed by atoms with Gasteiger partial charge in [0.1, 0.15) is 17.4 Å². The van der Waals surface area contributed by atoms with E-state index in [1.807, 2.05) is 6.07 Å². The van der Waals surface area contributed by atoms with Crippen LogP contribution >= 0.6 is 11.8 Å². The van der Waals surface area contributed by atoms with E-state index in [0.29, 0.717) is 29.3 Å². The Morgan fingerprint density at radius 3 is 2.41 bits per heavy atom. The lowest BCUT2D eigenvalue weighted by Gasteiger charge is -2.12. The molecule has 0 unspecified atom stereocenters. The number of benzene rings is 1. The summed E-state index contributed by atoms with van der Waals surface area (Å²) >= 11 is 1.47. The van der Waals surface area contributed by atoms with Gasteiger partial charge in [-0.25, -0.2) is 9.97 Å². The van der Waals surface area contributed by atoms with Gasteiger partial charge in [0.05, 0.1) is 6.61 Å². The maximum Gasteiger partial charge on any atom is 0.191 e. The second-order valence-corrected chi connectivity index (χ2v) is 6.43. The summed E-state index contributed by atoms with van der Waals surface area (Å²) in [5, 5.41) is 0.576. The number of nitrogen functional groups attached to an aromatic ring is 2. The first-order valence-corrected chi connectivity index (χ1v) is 8.20. The molecule has 0 bridgehead atoms. The summed E-state index contributed by atoms with van der Waals surface area (Å²) in [6.45, 7) is 7.07. The van der Waals surface area contributed by atoms with E-state index in [1.165, 1.54) is 22.9 Å². The molecule has 2 aromatic rings. The average Bonchev–Trinajstić information content (AvgIpc) is 2.42. The van der Waals surface area contributed by atoms with E-state index < -0.39 is 0 Å². The van der Waals surface area contributed by atoms with Crippen molar-refractivity contribution in [2.75, 3.05) is 23.8 Å². The number of hydrogen-bond acceptors (Lipinski definition) is 6. The Balaban J connectivity index is 1.85. The third-order valence-corrected chi connectivity index (χ3v) is 4.00. The van der Waals surface area contributed by atoms with Crippen molar-refractivity contribution in [1.29, 1.82) is 0 Å². The van der Waals surface area contributed by atoms with Gasteiger partial charge in [-0.15, -0.1) is 0 Å². The van der Waals surface area contributed by atoms with Crippen LogP contribution in [-0.2, 0) is 0 Å². The molecule has 0 atom stereocenters. The molecule has 0 aliphatic heterocycles. The van der Waals surface area contributed by atoms with Crippen molar-refractivity contribution in [3.8, 4) is 5.75 Å². The van der Waals surface area contributed by atoms with Gasteiger partial charge in [0, 0.05) is 11.8 Å². The summed E-state index contributed by atoms with van der Waals surface area (Å²) in [5.74, 6) is 2.91. The van der Waals surface area contributed by atoms with Crippen LogP contribution in [-0.4, -0.2) is 22.3 Å². The SMILES string of the molecule is Cc1cc(OCCSc2nc(N)cc(N)n2)ccc1C(C)C. The maximum atomic E-state index is 5.76. The van der Waals surface area contributed by atoms with Gasteiger partial charge < -0.3 is 16.2 Å². The number of nitrogens with two attached hydrogens (primary N) is 2. The van der Waals surface area contributed by atoms with Crippen molar-refractivity contribution in [3.63, 3.8) is 0 Å². The molecule has 1 aromatic heterocycles. The van der Waals surface area contributed by atoms with Crippen molar-refractivity contribution in [3.05, 3.63) is 35.4 Å². The second-order valence-electron chi connectivity index (χ2n) is 5.37. The average molecular weight is 318 g/mol. The normalized spacial score (nSPS) is 10.9. The fourth-order valence-electron chi connectivity index (χ4n) is 2.20. The quantitative estimate of drug-likeness (QED) is 0.483. The molecule has 4 N–H and O–H groups in total. The Labute approximate surface area is 135 Å². The van der Waals surface area contributed by atoms with E-state index >= 15 is 0 Å². The highest BCUT2D eigenvalue weighted by Gasteiger charge is 2.05. The summed E-state index contributed by atoms with van der Waals surface area (Å²) < 4.78 is 5.76. The van der Waals surface area contributed by atoms with Crippen LogP contribution in [0.15, 0.2) is 29.4 Å². The van der Waals surface area contributed by atoms with Gasteiger partial charge in [0.2, 0.25) is 0 Å². The molecule has 0 radical (unpaired) electrons. The van der Waals surface area contributed by atoms with Gasteiger partial charge >= 0.3 is 0 Å². The zero-order chi connectivity index (χ0) is 16.1. The third-order valence-electron chi connectivity index (χ3n) is 3.19. The highest BCUT2D eigenvalue weighted by atomic mass is 32.2. The van der Waals surface area contributed by atoms with Crippen molar-refractivity contribution < 1.29 is 4.74 Å². The molecule has 22 heavy (non-hydrogen) atoms. The summed E-state index contributed by atoms with van der Waals surface area (Å²) in [6, 6.07) is 7.76. The molecule has 1 aromatic carbocycles. The Bertz CT molecular complexity index is 626. The molecule has 0 amide bonds. The van der Waals surface area contributed by atoms with E-state index in [1.54, 1.807) is 6.07 Å². The van der Waals surface area contributed by atoms with Crippen LogP contribution in [0.5, 0.6) is 5.75 Å². The lowest BCUT2D eigenvalue weighted by Crippen LogP contribution is -2.04. The minimum atomic E-state index is 0.385. The standard InChI is InChI=1S/C16H22N4OS/c1-10(2)13-5-4-12(8-11(13)3)21-6-7-22-16-19-14(17)9-15(18)20-16/h4-5,8-10H,6-7H2,1-3H3,(H4,17,18,19,20). The number of anilines is 2. The topological polar surface area (TPSA) is 87.0 Å². The highest BCUT2D eigenvalue weighted by molar-refractivity contribution is 7.99. The van der Waals surface area contributed by atoms with Crippen molar-refractivity contribution in [1.82, 2.24) is 9.97 Å². The van der Waals surface area contributed by atoms with Crippen molar-refractivity contribution in [2.45, 2.75) is 31.8 Å². The fourth-order valence-corrected chi connectivity index (χ4v) is 2.89. The summed E-state index contributed by atoms with van der Waals surface area (Å²) in [4.78, 5) is 8.24. The van der Waals surface area contributed by atoms with Crippen LogP contribution in [0.4, 0.5) is 11.6 Å². The van der Waals surface area contributed by atoms with Crippen molar-refractivity contribution >= 4 is 23.4 Å². The van der Waals surface area contributed by atoms with Crippen LogP contribution in [0.3, 0.4) is 0 Å². The monoisotopic (exact) mass is 318 g/mol. The molecule has 0 saturated heterocycles. The molecule has 6 heteroatoms. The van der Waals surface area contributed by atoms with E-state index in [4.69, 9.17) is 16.2 Å². The van der Waals surface area contributed by atoms with Crippen molar-refractivity contribution in [2.24, 2.45) is 0 Å². The number of rotatable bonds is 6. The minimum absolute atomic E-state index is 0.385. The lowest BCUT2D eigenvalue weighted by molar-refractivity contribution is 0.343. The van der Waals surface area contributed by atoms with E-state index in [2.05, 4.69) is 42.9 Å². The number of aryl methyl sites for hydroxylation is 1. The predicted octanol–water partition coefficient (Wildman–Crippen LogP) is 3.24. The van der Waals surface area contributed by atoms with E-state index in [9.17, 15) is 0 Å². The molecule has 0 aliphatic carbocycles. The van der Waals surface area contributed by atoms with Gasteiger partial charge in [-0.2, -0.15) is 0 Å². The van der Waals surface area contributed by atoms with Gasteiger partial charge in [0.25, 0.3) is 0 Å². The molecule has 0 saturated carbocycles. The smallest absolute Gasteiger partial charge is 0.191 e. The molecule has 2 rings (SSSR count). The molecular formula is C16H22N4OS. The number of ether oxygens (including phenoxy) is 1. The van der Waals surface area contributed by atoms with Gasteiger partial charge in [-0.1, -0.05) is 31.7 Å². The summed E-state index contributed by atoms with van der Waals surface area (Å²) in [5.41, 5.74) is 13.9. The zero-order valence-electron chi connectivity index (χ0n) is 13.2.